The quantitative estimate of drug-likeness (QED) is 0.719. The van der Waals surface area contributed by atoms with Gasteiger partial charge in [-0.3, -0.25) is 24.2 Å². The Morgan fingerprint density at radius 2 is 1.81 bits per heavy atom. The zero-order chi connectivity index (χ0) is 19.3. The number of aliphatic carboxylic acids is 1. The van der Waals surface area contributed by atoms with Gasteiger partial charge in [0.15, 0.2) is 5.78 Å². The number of amides is 1. The zero-order valence-electron chi connectivity index (χ0n) is 15.6. The number of carbonyl (C=O) groups excluding carboxylic acids is 2. The number of benzene rings is 1. The lowest BCUT2D eigenvalue weighted by atomic mass is 10.0. The van der Waals surface area contributed by atoms with E-state index in [2.05, 4.69) is 10.2 Å². The van der Waals surface area contributed by atoms with E-state index in [1.807, 2.05) is 18.9 Å². The third-order valence-electron chi connectivity index (χ3n) is 4.99. The molecule has 0 aliphatic carbocycles. The molecule has 1 aromatic carbocycles. The van der Waals surface area contributed by atoms with Crippen LogP contribution in [0.2, 0.25) is 0 Å². The summed E-state index contributed by atoms with van der Waals surface area (Å²) < 4.78 is 0. The standard InChI is InChI=1S/C19H27N3O4/c1-13(19(26)20-16-6-4-15(5-7-16)14(2)23)22-10-8-17(9-11-22)21(3)12-18(24)25/h4-7,13,17H,8-12H2,1-3H3,(H,20,26)(H,24,25). The smallest absolute Gasteiger partial charge is 0.317 e. The van der Waals surface area contributed by atoms with Crippen molar-refractivity contribution in [3.63, 3.8) is 0 Å². The van der Waals surface area contributed by atoms with Crippen LogP contribution in [0.5, 0.6) is 0 Å². The highest BCUT2D eigenvalue weighted by Crippen LogP contribution is 2.18. The van der Waals surface area contributed by atoms with E-state index in [4.69, 9.17) is 5.11 Å². The summed E-state index contributed by atoms with van der Waals surface area (Å²) in [5.41, 5.74) is 1.28. The van der Waals surface area contributed by atoms with Crippen LogP contribution in [-0.4, -0.2) is 71.3 Å². The number of Topliss-reactive ketones (excluding diaryl/α,β-unsaturated/α-hetero) is 1. The lowest BCUT2D eigenvalue weighted by Crippen LogP contribution is -2.50. The highest BCUT2D eigenvalue weighted by Gasteiger charge is 2.28. The van der Waals surface area contributed by atoms with Crippen LogP contribution in [0.3, 0.4) is 0 Å². The van der Waals surface area contributed by atoms with Crippen LogP contribution in [0.4, 0.5) is 5.69 Å². The molecule has 7 nitrogen and oxygen atoms in total. The number of carboxylic acid groups (broad SMARTS) is 1. The number of piperidine rings is 1. The molecule has 2 N–H and O–H groups in total. The first-order valence-electron chi connectivity index (χ1n) is 8.86. The predicted molar refractivity (Wildman–Crippen MR) is 99.4 cm³/mol. The van der Waals surface area contributed by atoms with Gasteiger partial charge in [0.1, 0.15) is 0 Å². The number of carbonyl (C=O) groups is 3. The molecule has 1 saturated heterocycles. The number of nitrogens with zero attached hydrogens (tertiary/aromatic N) is 2. The maximum absolute atomic E-state index is 12.5. The Labute approximate surface area is 154 Å². The van der Waals surface area contributed by atoms with Crippen LogP contribution in [0.25, 0.3) is 0 Å². The highest BCUT2D eigenvalue weighted by molar-refractivity contribution is 5.96. The monoisotopic (exact) mass is 361 g/mol. The Bertz CT molecular complexity index is 651. The Balaban J connectivity index is 1.85. The van der Waals surface area contributed by atoms with Crippen molar-refractivity contribution in [2.75, 3.05) is 32.0 Å². The van der Waals surface area contributed by atoms with Gasteiger partial charge in [-0.1, -0.05) is 0 Å². The third-order valence-corrected chi connectivity index (χ3v) is 4.99. The van der Waals surface area contributed by atoms with Gasteiger partial charge in [-0.2, -0.15) is 0 Å². The van der Waals surface area contributed by atoms with Crippen molar-refractivity contribution in [1.82, 2.24) is 9.80 Å². The van der Waals surface area contributed by atoms with Gasteiger partial charge in [0, 0.05) is 30.4 Å². The minimum Gasteiger partial charge on any atom is -0.480 e. The molecule has 1 heterocycles. The number of hydrogen-bond donors (Lipinski definition) is 2. The molecule has 2 rings (SSSR count). The topological polar surface area (TPSA) is 90.0 Å². The van der Waals surface area contributed by atoms with E-state index in [9.17, 15) is 14.4 Å². The second kappa shape index (κ2) is 8.91. The Morgan fingerprint density at radius 3 is 2.31 bits per heavy atom. The second-order valence-corrected chi connectivity index (χ2v) is 6.87. The fourth-order valence-electron chi connectivity index (χ4n) is 3.26. The van der Waals surface area contributed by atoms with Gasteiger partial charge < -0.3 is 10.4 Å². The molecule has 1 aliphatic rings. The Hall–Kier alpha value is -2.25. The molecule has 1 aromatic rings. The summed E-state index contributed by atoms with van der Waals surface area (Å²) >= 11 is 0. The second-order valence-electron chi connectivity index (χ2n) is 6.87. The lowest BCUT2D eigenvalue weighted by molar-refractivity contribution is -0.138. The predicted octanol–water partition coefficient (Wildman–Crippen LogP) is 1.70. The van der Waals surface area contributed by atoms with E-state index in [1.54, 1.807) is 24.3 Å². The summed E-state index contributed by atoms with van der Waals surface area (Å²) in [5, 5.41) is 11.8. The van der Waals surface area contributed by atoms with Crippen molar-refractivity contribution in [1.29, 1.82) is 0 Å². The fourth-order valence-corrected chi connectivity index (χ4v) is 3.26. The van der Waals surface area contributed by atoms with Crippen molar-refractivity contribution in [3.05, 3.63) is 29.8 Å². The number of hydrogen-bond acceptors (Lipinski definition) is 5. The molecule has 1 aliphatic heterocycles. The Morgan fingerprint density at radius 1 is 1.23 bits per heavy atom. The van der Waals surface area contributed by atoms with Crippen LogP contribution in [0.1, 0.15) is 37.0 Å². The molecule has 0 spiro atoms. The van der Waals surface area contributed by atoms with Crippen molar-refractivity contribution in [3.8, 4) is 0 Å². The van der Waals surface area contributed by atoms with Gasteiger partial charge in [0.2, 0.25) is 5.91 Å². The zero-order valence-corrected chi connectivity index (χ0v) is 15.6. The summed E-state index contributed by atoms with van der Waals surface area (Å²) in [6, 6.07) is 6.83. The van der Waals surface area contributed by atoms with Gasteiger partial charge in [0.25, 0.3) is 0 Å². The van der Waals surface area contributed by atoms with Crippen molar-refractivity contribution in [2.24, 2.45) is 0 Å². The van der Waals surface area contributed by atoms with Gasteiger partial charge in [-0.25, -0.2) is 0 Å². The Kier molecular flexibility index (Phi) is 6.88. The van der Waals surface area contributed by atoms with Gasteiger partial charge in [0.05, 0.1) is 12.6 Å². The maximum atomic E-state index is 12.5. The van der Waals surface area contributed by atoms with E-state index in [1.165, 1.54) is 6.92 Å². The first-order valence-corrected chi connectivity index (χ1v) is 8.86. The molecule has 0 radical (unpaired) electrons. The van der Waals surface area contributed by atoms with Crippen LogP contribution >= 0.6 is 0 Å². The number of likely N-dealkylation sites (N-methyl/N-ethyl adjacent to an activating group) is 1. The SMILES string of the molecule is CC(=O)c1ccc(NC(=O)C(C)N2CCC(N(C)CC(=O)O)CC2)cc1. The fraction of sp³-hybridized carbons (Fsp3) is 0.526. The number of likely N-dealkylation sites (tertiary alicyclic amines) is 1. The summed E-state index contributed by atoms with van der Waals surface area (Å²) in [4.78, 5) is 38.6. The summed E-state index contributed by atoms with van der Waals surface area (Å²) in [6.45, 7) is 4.93. The van der Waals surface area contributed by atoms with Crippen LogP contribution in [0.15, 0.2) is 24.3 Å². The summed E-state index contributed by atoms with van der Waals surface area (Å²) in [5.74, 6) is -0.914. The number of nitrogens with one attached hydrogen (secondary N) is 1. The minimum atomic E-state index is -0.821. The molecule has 1 unspecified atom stereocenters. The molecule has 1 fully saturated rings. The van der Waals surface area contributed by atoms with Gasteiger partial charge in [-0.15, -0.1) is 0 Å². The molecular weight excluding hydrogens is 334 g/mol. The normalized spacial score (nSPS) is 17.1. The first-order chi connectivity index (χ1) is 12.3. The summed E-state index contributed by atoms with van der Waals surface area (Å²) in [7, 11) is 1.83. The molecule has 26 heavy (non-hydrogen) atoms. The van der Waals surface area contributed by atoms with Gasteiger partial charge in [-0.05, 0) is 58.0 Å². The minimum absolute atomic E-state index is 0.00742. The molecule has 1 amide bonds. The van der Waals surface area contributed by atoms with Crippen molar-refractivity contribution < 1.29 is 19.5 Å². The molecule has 142 valence electrons. The molecule has 0 bridgehead atoms. The first kappa shape index (κ1) is 20.1. The van der Waals surface area contributed by atoms with Crippen LogP contribution in [0, 0.1) is 0 Å². The number of ketones is 1. The molecular formula is C19H27N3O4. The largest absolute Gasteiger partial charge is 0.480 e. The average molecular weight is 361 g/mol. The number of rotatable bonds is 7. The van der Waals surface area contributed by atoms with E-state index in [-0.39, 0.29) is 30.3 Å². The van der Waals surface area contributed by atoms with E-state index >= 15 is 0 Å². The average Bonchev–Trinajstić information content (AvgIpc) is 2.61. The number of carboxylic acids is 1. The summed E-state index contributed by atoms with van der Waals surface area (Å²) in [6.07, 6.45) is 1.68. The lowest BCUT2D eigenvalue weighted by Gasteiger charge is -2.38. The van der Waals surface area contributed by atoms with Crippen molar-refractivity contribution in [2.45, 2.75) is 38.8 Å². The molecule has 7 heteroatoms. The van der Waals surface area contributed by atoms with Crippen LogP contribution in [-0.2, 0) is 9.59 Å². The van der Waals surface area contributed by atoms with Crippen LogP contribution < -0.4 is 5.32 Å². The molecule has 0 saturated carbocycles. The molecule has 0 aromatic heterocycles. The number of anilines is 1. The van der Waals surface area contributed by atoms with E-state index in [0.29, 0.717) is 11.3 Å². The third kappa shape index (κ3) is 5.37. The van der Waals surface area contributed by atoms with E-state index in [0.717, 1.165) is 25.9 Å². The maximum Gasteiger partial charge on any atom is 0.317 e. The van der Waals surface area contributed by atoms with E-state index < -0.39 is 5.97 Å². The van der Waals surface area contributed by atoms with Crippen molar-refractivity contribution >= 4 is 23.3 Å². The highest BCUT2D eigenvalue weighted by atomic mass is 16.4. The molecule has 1 atom stereocenters. The van der Waals surface area contributed by atoms with Gasteiger partial charge >= 0.3 is 5.97 Å².